The summed E-state index contributed by atoms with van der Waals surface area (Å²) in [5.74, 6) is 2.36. The zero-order valence-corrected chi connectivity index (χ0v) is 18.0. The lowest BCUT2D eigenvalue weighted by atomic mass is 10.1. The summed E-state index contributed by atoms with van der Waals surface area (Å²) < 4.78 is 11.3. The molecule has 0 atom stereocenters. The van der Waals surface area contributed by atoms with Gasteiger partial charge in [0.25, 0.3) is 5.91 Å². The number of methoxy groups -OCH3 is 1. The number of ether oxygens (including phenoxy) is 1. The van der Waals surface area contributed by atoms with Gasteiger partial charge in [-0.3, -0.25) is 4.79 Å². The highest BCUT2D eigenvalue weighted by Crippen LogP contribution is 2.28. The highest BCUT2D eigenvalue weighted by molar-refractivity contribution is 5.99. The predicted molar refractivity (Wildman–Crippen MR) is 116 cm³/mol. The lowest BCUT2D eigenvalue weighted by Crippen LogP contribution is -2.49. The minimum absolute atomic E-state index is 0.0837. The van der Waals surface area contributed by atoms with Crippen molar-refractivity contribution in [1.29, 1.82) is 0 Å². The van der Waals surface area contributed by atoms with E-state index in [0.29, 0.717) is 31.0 Å². The van der Waals surface area contributed by atoms with Gasteiger partial charge in [0.1, 0.15) is 17.2 Å². The molecule has 0 spiro atoms. The van der Waals surface area contributed by atoms with E-state index in [1.807, 2.05) is 42.2 Å². The van der Waals surface area contributed by atoms with E-state index >= 15 is 0 Å². The van der Waals surface area contributed by atoms with Crippen molar-refractivity contribution in [1.82, 2.24) is 14.9 Å². The van der Waals surface area contributed by atoms with E-state index in [1.165, 1.54) is 0 Å². The number of aryl methyl sites for hydroxylation is 1. The number of amides is 1. The van der Waals surface area contributed by atoms with Crippen molar-refractivity contribution >= 4 is 22.7 Å². The SMILES string of the molecule is COCc1c(C(=O)N2CCN(c3cc(C)nc(C(C)C)n3)CC2)oc2ccccc12. The second-order valence-corrected chi connectivity index (χ2v) is 8.00. The van der Waals surface area contributed by atoms with Gasteiger partial charge in [-0.05, 0) is 13.0 Å². The van der Waals surface area contributed by atoms with Gasteiger partial charge in [-0.2, -0.15) is 0 Å². The maximum atomic E-state index is 13.2. The number of aromatic nitrogens is 2. The minimum atomic E-state index is -0.0837. The molecule has 3 aromatic rings. The molecule has 1 aliphatic heterocycles. The van der Waals surface area contributed by atoms with E-state index < -0.39 is 0 Å². The summed E-state index contributed by atoms with van der Waals surface area (Å²) in [6.45, 7) is 9.20. The Morgan fingerprint density at radius 3 is 2.60 bits per heavy atom. The molecule has 0 saturated carbocycles. The van der Waals surface area contributed by atoms with E-state index in [9.17, 15) is 4.79 Å². The van der Waals surface area contributed by atoms with Crippen LogP contribution in [0.2, 0.25) is 0 Å². The Morgan fingerprint density at radius 2 is 1.90 bits per heavy atom. The van der Waals surface area contributed by atoms with Crippen molar-refractivity contribution in [3.63, 3.8) is 0 Å². The summed E-state index contributed by atoms with van der Waals surface area (Å²) in [7, 11) is 1.63. The molecule has 0 unspecified atom stereocenters. The number of benzene rings is 1. The molecule has 1 aromatic carbocycles. The third-order valence-electron chi connectivity index (χ3n) is 5.45. The van der Waals surface area contributed by atoms with Crippen LogP contribution in [0.15, 0.2) is 34.7 Å². The van der Waals surface area contributed by atoms with Gasteiger partial charge in [0, 0.05) is 61.9 Å². The minimum Gasteiger partial charge on any atom is -0.451 e. The first-order valence-electron chi connectivity index (χ1n) is 10.4. The largest absolute Gasteiger partial charge is 0.451 e. The Labute approximate surface area is 176 Å². The quantitative estimate of drug-likeness (QED) is 0.640. The highest BCUT2D eigenvalue weighted by atomic mass is 16.5. The van der Waals surface area contributed by atoms with E-state index in [2.05, 4.69) is 23.7 Å². The van der Waals surface area contributed by atoms with Gasteiger partial charge >= 0.3 is 0 Å². The van der Waals surface area contributed by atoms with Crippen LogP contribution in [0.25, 0.3) is 11.0 Å². The van der Waals surface area contributed by atoms with E-state index in [0.717, 1.165) is 41.4 Å². The first-order valence-corrected chi connectivity index (χ1v) is 10.4. The Kier molecular flexibility index (Phi) is 5.72. The van der Waals surface area contributed by atoms with Gasteiger partial charge < -0.3 is 19.0 Å². The molecule has 7 nitrogen and oxygen atoms in total. The number of carbonyl (C=O) groups excluding carboxylic acids is 1. The number of hydrogen-bond donors (Lipinski definition) is 0. The fraction of sp³-hybridized carbons (Fsp3) is 0.435. The number of piperazine rings is 1. The lowest BCUT2D eigenvalue weighted by Gasteiger charge is -2.35. The predicted octanol–water partition coefficient (Wildman–Crippen LogP) is 3.76. The molecule has 30 heavy (non-hydrogen) atoms. The third-order valence-corrected chi connectivity index (χ3v) is 5.45. The van der Waals surface area contributed by atoms with Crippen LogP contribution in [-0.2, 0) is 11.3 Å². The summed E-state index contributed by atoms with van der Waals surface area (Å²) in [5, 5.41) is 0.930. The van der Waals surface area contributed by atoms with Crippen LogP contribution in [-0.4, -0.2) is 54.1 Å². The van der Waals surface area contributed by atoms with Crippen LogP contribution >= 0.6 is 0 Å². The number of fused-ring (bicyclic) bond motifs is 1. The second kappa shape index (κ2) is 8.44. The normalized spacial score (nSPS) is 14.7. The molecule has 3 heterocycles. The van der Waals surface area contributed by atoms with Crippen molar-refractivity contribution in [3.8, 4) is 0 Å². The van der Waals surface area contributed by atoms with Gasteiger partial charge in [0.2, 0.25) is 0 Å². The van der Waals surface area contributed by atoms with Gasteiger partial charge in [0.15, 0.2) is 5.76 Å². The number of hydrogen-bond acceptors (Lipinski definition) is 6. The van der Waals surface area contributed by atoms with E-state index in [-0.39, 0.29) is 11.8 Å². The molecule has 7 heteroatoms. The van der Waals surface area contributed by atoms with Crippen LogP contribution in [0.4, 0.5) is 5.82 Å². The Morgan fingerprint density at radius 1 is 1.17 bits per heavy atom. The monoisotopic (exact) mass is 408 g/mol. The first-order chi connectivity index (χ1) is 14.5. The molecule has 0 radical (unpaired) electrons. The van der Waals surface area contributed by atoms with Crippen LogP contribution in [0.5, 0.6) is 0 Å². The lowest BCUT2D eigenvalue weighted by molar-refractivity contribution is 0.0710. The maximum absolute atomic E-state index is 13.2. The van der Waals surface area contributed by atoms with Crippen molar-refractivity contribution in [3.05, 3.63) is 53.2 Å². The zero-order chi connectivity index (χ0) is 21.3. The number of anilines is 1. The average molecular weight is 409 g/mol. The summed E-state index contributed by atoms with van der Waals surface area (Å²) in [4.78, 5) is 26.6. The molecule has 2 aromatic heterocycles. The summed E-state index contributed by atoms with van der Waals surface area (Å²) >= 11 is 0. The summed E-state index contributed by atoms with van der Waals surface area (Å²) in [6, 6.07) is 9.71. The van der Waals surface area contributed by atoms with Gasteiger partial charge in [-0.15, -0.1) is 0 Å². The summed E-state index contributed by atoms with van der Waals surface area (Å²) in [6.07, 6.45) is 0. The molecule has 1 saturated heterocycles. The van der Waals surface area contributed by atoms with Crippen LogP contribution < -0.4 is 4.90 Å². The summed E-state index contributed by atoms with van der Waals surface area (Å²) in [5.41, 5.74) is 2.49. The Hall–Kier alpha value is -2.93. The first kappa shape index (κ1) is 20.3. The van der Waals surface area contributed by atoms with Gasteiger partial charge in [-0.25, -0.2) is 9.97 Å². The van der Waals surface area contributed by atoms with Crippen LogP contribution in [0.3, 0.4) is 0 Å². The van der Waals surface area contributed by atoms with Crippen molar-refractivity contribution in [2.75, 3.05) is 38.2 Å². The number of nitrogens with zero attached hydrogens (tertiary/aromatic N) is 4. The average Bonchev–Trinajstić information content (AvgIpc) is 3.12. The fourth-order valence-corrected chi connectivity index (χ4v) is 3.84. The number of furan rings is 1. The molecule has 158 valence electrons. The molecular weight excluding hydrogens is 380 g/mol. The highest BCUT2D eigenvalue weighted by Gasteiger charge is 2.28. The van der Waals surface area contributed by atoms with Crippen molar-refractivity contribution in [2.24, 2.45) is 0 Å². The van der Waals surface area contributed by atoms with E-state index in [1.54, 1.807) is 7.11 Å². The number of para-hydroxylation sites is 1. The topological polar surface area (TPSA) is 71.7 Å². The molecule has 0 N–H and O–H groups in total. The molecule has 4 rings (SSSR count). The Bertz CT molecular complexity index is 1050. The van der Waals surface area contributed by atoms with Gasteiger partial charge in [-0.1, -0.05) is 32.0 Å². The standard InChI is InChI=1S/C23H28N4O3/c1-15(2)22-24-16(3)13-20(25-22)26-9-11-27(12-10-26)23(28)21-18(14-29-4)17-7-5-6-8-19(17)30-21/h5-8,13,15H,9-12,14H2,1-4H3. The zero-order valence-electron chi connectivity index (χ0n) is 18.0. The van der Waals surface area contributed by atoms with Crippen LogP contribution in [0.1, 0.15) is 47.4 Å². The maximum Gasteiger partial charge on any atom is 0.290 e. The molecule has 0 bridgehead atoms. The van der Waals surface area contributed by atoms with Crippen molar-refractivity contribution in [2.45, 2.75) is 33.3 Å². The van der Waals surface area contributed by atoms with Crippen LogP contribution in [0, 0.1) is 6.92 Å². The second-order valence-electron chi connectivity index (χ2n) is 8.00. The molecule has 1 aliphatic rings. The molecular formula is C23H28N4O3. The molecule has 1 amide bonds. The van der Waals surface area contributed by atoms with E-state index in [4.69, 9.17) is 14.1 Å². The number of rotatable bonds is 5. The molecule has 0 aliphatic carbocycles. The number of carbonyl (C=O) groups is 1. The fourth-order valence-electron chi connectivity index (χ4n) is 3.84. The molecule has 1 fully saturated rings. The smallest absolute Gasteiger partial charge is 0.290 e. The Balaban J connectivity index is 1.52. The van der Waals surface area contributed by atoms with Crippen molar-refractivity contribution < 1.29 is 13.9 Å². The third kappa shape index (κ3) is 3.89. The van der Waals surface area contributed by atoms with Gasteiger partial charge in [0.05, 0.1) is 6.61 Å².